The Balaban J connectivity index is 1.99. The van der Waals surface area contributed by atoms with Crippen LogP contribution in [0.15, 0.2) is 37.1 Å². The van der Waals surface area contributed by atoms with Crippen molar-refractivity contribution in [2.24, 2.45) is 17.8 Å². The van der Waals surface area contributed by atoms with Crippen LogP contribution in [0.4, 0.5) is 0 Å². The summed E-state index contributed by atoms with van der Waals surface area (Å²) in [4.78, 5) is 12.3. The second-order valence-electron chi connectivity index (χ2n) is 6.55. The Hall–Kier alpha value is -1.51. The van der Waals surface area contributed by atoms with Crippen molar-refractivity contribution in [2.45, 2.75) is 44.1 Å². The van der Waals surface area contributed by atoms with Gasteiger partial charge in [-0.1, -0.05) is 32.1 Å². The molecule has 4 unspecified atom stereocenters. The fourth-order valence-corrected chi connectivity index (χ4v) is 4.48. The predicted octanol–water partition coefficient (Wildman–Crippen LogP) is 3.34. The SMILES string of the molecule is C=CC(=C)OC1(C2CCNC2=O)C=CCC2CCCCC21. The highest BCUT2D eigenvalue weighted by Crippen LogP contribution is 2.50. The maximum absolute atomic E-state index is 12.3. The average molecular weight is 287 g/mol. The number of fused-ring (bicyclic) bond motifs is 1. The van der Waals surface area contributed by atoms with Gasteiger partial charge in [-0.25, -0.2) is 0 Å². The molecule has 4 atom stereocenters. The van der Waals surface area contributed by atoms with Gasteiger partial charge >= 0.3 is 0 Å². The quantitative estimate of drug-likeness (QED) is 0.489. The number of carbonyl (C=O) groups is 1. The molecule has 0 radical (unpaired) electrons. The van der Waals surface area contributed by atoms with Gasteiger partial charge in [0.2, 0.25) is 5.91 Å². The third kappa shape index (κ3) is 2.43. The van der Waals surface area contributed by atoms with E-state index in [1.54, 1.807) is 6.08 Å². The number of carbonyl (C=O) groups excluding carboxylic acids is 1. The second kappa shape index (κ2) is 5.70. The fraction of sp³-hybridized carbons (Fsp3) is 0.611. The molecule has 1 amide bonds. The Kier molecular flexibility index (Phi) is 3.92. The molecule has 1 heterocycles. The van der Waals surface area contributed by atoms with Crippen molar-refractivity contribution < 1.29 is 9.53 Å². The molecule has 0 aromatic heterocycles. The van der Waals surface area contributed by atoms with Crippen LogP contribution in [0.2, 0.25) is 0 Å². The molecule has 21 heavy (non-hydrogen) atoms. The van der Waals surface area contributed by atoms with Crippen molar-refractivity contribution in [2.75, 3.05) is 6.54 Å². The van der Waals surface area contributed by atoms with Gasteiger partial charge in [0, 0.05) is 12.5 Å². The van der Waals surface area contributed by atoms with E-state index in [1.807, 2.05) is 0 Å². The van der Waals surface area contributed by atoms with Crippen molar-refractivity contribution in [1.29, 1.82) is 0 Å². The zero-order valence-electron chi connectivity index (χ0n) is 12.6. The average Bonchev–Trinajstić information content (AvgIpc) is 2.94. The lowest BCUT2D eigenvalue weighted by molar-refractivity contribution is -0.137. The van der Waals surface area contributed by atoms with Crippen LogP contribution in [0, 0.1) is 17.8 Å². The molecule has 3 aliphatic rings. The molecule has 1 saturated carbocycles. The van der Waals surface area contributed by atoms with Crippen molar-refractivity contribution >= 4 is 5.91 Å². The maximum Gasteiger partial charge on any atom is 0.227 e. The largest absolute Gasteiger partial charge is 0.483 e. The first-order chi connectivity index (χ1) is 10.2. The van der Waals surface area contributed by atoms with E-state index in [-0.39, 0.29) is 11.8 Å². The Morgan fingerprint density at radius 2 is 2.19 bits per heavy atom. The minimum atomic E-state index is -0.519. The summed E-state index contributed by atoms with van der Waals surface area (Å²) in [6.45, 7) is 8.45. The lowest BCUT2D eigenvalue weighted by Gasteiger charge is -2.49. The van der Waals surface area contributed by atoms with E-state index in [0.29, 0.717) is 17.6 Å². The lowest BCUT2D eigenvalue weighted by atomic mass is 9.61. The van der Waals surface area contributed by atoms with E-state index in [1.165, 1.54) is 19.3 Å². The Morgan fingerprint density at radius 3 is 2.90 bits per heavy atom. The number of rotatable bonds is 4. The fourth-order valence-electron chi connectivity index (χ4n) is 4.48. The summed E-state index contributed by atoms with van der Waals surface area (Å²) in [5.74, 6) is 1.65. The van der Waals surface area contributed by atoms with E-state index in [0.717, 1.165) is 25.8 Å². The molecule has 1 aliphatic heterocycles. The molecule has 0 spiro atoms. The summed E-state index contributed by atoms with van der Waals surface area (Å²) in [6, 6.07) is 0. The molecule has 0 aromatic rings. The molecule has 3 heteroatoms. The molecular formula is C18H25NO2. The molecule has 2 aliphatic carbocycles. The normalized spacial score (nSPS) is 38.5. The summed E-state index contributed by atoms with van der Waals surface area (Å²) in [5.41, 5.74) is -0.519. The topological polar surface area (TPSA) is 38.3 Å². The van der Waals surface area contributed by atoms with Crippen molar-refractivity contribution in [1.82, 2.24) is 5.32 Å². The highest BCUT2D eigenvalue weighted by atomic mass is 16.5. The van der Waals surface area contributed by atoms with Crippen LogP contribution in [0.25, 0.3) is 0 Å². The number of nitrogens with one attached hydrogen (secondary N) is 1. The minimum Gasteiger partial charge on any atom is -0.483 e. The Labute approximate surface area is 127 Å². The van der Waals surface area contributed by atoms with E-state index in [2.05, 4.69) is 30.6 Å². The highest BCUT2D eigenvalue weighted by molar-refractivity contribution is 5.82. The van der Waals surface area contributed by atoms with Gasteiger partial charge < -0.3 is 10.1 Å². The predicted molar refractivity (Wildman–Crippen MR) is 83.5 cm³/mol. The molecule has 114 valence electrons. The van der Waals surface area contributed by atoms with Crippen LogP contribution in [0.3, 0.4) is 0 Å². The van der Waals surface area contributed by atoms with E-state index >= 15 is 0 Å². The van der Waals surface area contributed by atoms with E-state index in [9.17, 15) is 4.79 Å². The number of ether oxygens (including phenoxy) is 1. The first-order valence-corrected chi connectivity index (χ1v) is 8.13. The van der Waals surface area contributed by atoms with Crippen LogP contribution < -0.4 is 5.32 Å². The van der Waals surface area contributed by atoms with Gasteiger partial charge in [-0.2, -0.15) is 0 Å². The third-order valence-electron chi connectivity index (χ3n) is 5.43. The zero-order valence-corrected chi connectivity index (χ0v) is 12.6. The van der Waals surface area contributed by atoms with Gasteiger partial charge in [-0.15, -0.1) is 0 Å². The first kappa shape index (κ1) is 14.4. The molecule has 2 fully saturated rings. The van der Waals surface area contributed by atoms with Gasteiger partial charge in [0.25, 0.3) is 0 Å². The molecule has 0 aromatic carbocycles. The molecular weight excluding hydrogens is 262 g/mol. The van der Waals surface area contributed by atoms with Gasteiger partial charge in [0.1, 0.15) is 11.4 Å². The van der Waals surface area contributed by atoms with Gasteiger partial charge in [0.15, 0.2) is 0 Å². The highest BCUT2D eigenvalue weighted by Gasteiger charge is 2.54. The van der Waals surface area contributed by atoms with Crippen molar-refractivity contribution in [3.8, 4) is 0 Å². The standard InChI is InChI=1S/C18H25NO2/c1-3-13(2)21-18(16-10-12-19-17(16)20)11-6-8-14-7-4-5-9-15(14)18/h3,6,11,14-16H,1-2,4-5,7-10,12H2,(H,19,20). The third-order valence-corrected chi connectivity index (χ3v) is 5.43. The second-order valence-corrected chi connectivity index (χ2v) is 6.55. The van der Waals surface area contributed by atoms with Crippen LogP contribution in [-0.4, -0.2) is 18.1 Å². The van der Waals surface area contributed by atoms with Gasteiger partial charge in [-0.3, -0.25) is 4.79 Å². The van der Waals surface area contributed by atoms with Gasteiger partial charge in [0.05, 0.1) is 5.92 Å². The smallest absolute Gasteiger partial charge is 0.227 e. The van der Waals surface area contributed by atoms with Gasteiger partial charge in [-0.05, 0) is 43.8 Å². The Morgan fingerprint density at radius 1 is 1.38 bits per heavy atom. The maximum atomic E-state index is 12.3. The van der Waals surface area contributed by atoms with E-state index < -0.39 is 5.60 Å². The Bertz CT molecular complexity index is 482. The first-order valence-electron chi connectivity index (χ1n) is 8.13. The summed E-state index contributed by atoms with van der Waals surface area (Å²) >= 11 is 0. The minimum absolute atomic E-state index is 0.101. The summed E-state index contributed by atoms with van der Waals surface area (Å²) in [6.07, 6.45) is 12.9. The number of allylic oxidation sites excluding steroid dienone is 2. The molecule has 1 N–H and O–H groups in total. The van der Waals surface area contributed by atoms with Crippen LogP contribution in [-0.2, 0) is 9.53 Å². The lowest BCUT2D eigenvalue weighted by Crippen LogP contribution is -2.53. The molecule has 1 saturated heterocycles. The van der Waals surface area contributed by atoms with Crippen LogP contribution >= 0.6 is 0 Å². The summed E-state index contributed by atoms with van der Waals surface area (Å²) in [5, 5.41) is 2.97. The number of hydrogen-bond acceptors (Lipinski definition) is 2. The van der Waals surface area contributed by atoms with Crippen LogP contribution in [0.1, 0.15) is 38.5 Å². The van der Waals surface area contributed by atoms with Crippen molar-refractivity contribution in [3.05, 3.63) is 37.1 Å². The van der Waals surface area contributed by atoms with E-state index in [4.69, 9.17) is 4.74 Å². The zero-order chi connectivity index (χ0) is 14.9. The summed E-state index contributed by atoms with van der Waals surface area (Å²) < 4.78 is 6.29. The summed E-state index contributed by atoms with van der Waals surface area (Å²) in [7, 11) is 0. The molecule has 0 bridgehead atoms. The number of amides is 1. The van der Waals surface area contributed by atoms with Crippen molar-refractivity contribution in [3.63, 3.8) is 0 Å². The molecule has 3 nitrogen and oxygen atoms in total. The van der Waals surface area contributed by atoms with Crippen LogP contribution in [0.5, 0.6) is 0 Å². The number of hydrogen-bond donors (Lipinski definition) is 1. The molecule has 3 rings (SSSR count). The monoisotopic (exact) mass is 287 g/mol.